The average Bonchev–Trinajstić information content (AvgIpc) is 3.57. The third-order valence-corrected chi connectivity index (χ3v) is 10.5. The lowest BCUT2D eigenvalue weighted by molar-refractivity contribution is 0.194. The Kier molecular flexibility index (Phi) is 3.87. The Balaban J connectivity index is 1.71. The van der Waals surface area contributed by atoms with Gasteiger partial charge in [-0.1, -0.05) is 130 Å². The van der Waals surface area contributed by atoms with Gasteiger partial charge in [0.2, 0.25) is 0 Å². The van der Waals surface area contributed by atoms with Gasteiger partial charge in [-0.05, 0) is 57.9 Å². The van der Waals surface area contributed by atoms with Gasteiger partial charge in [-0.25, -0.2) is 0 Å². The van der Waals surface area contributed by atoms with E-state index >= 15 is 0 Å². The molecule has 0 aliphatic heterocycles. The van der Waals surface area contributed by atoms with Gasteiger partial charge in [-0.15, -0.1) is 0 Å². The van der Waals surface area contributed by atoms with Crippen LogP contribution >= 0.6 is 0 Å². The van der Waals surface area contributed by atoms with Crippen LogP contribution in [0.1, 0.15) is 68.7 Å². The largest absolute Gasteiger partial charge is 0.0780 e. The molecule has 0 radical (unpaired) electrons. The molecule has 170 valence electrons. The molecule has 0 heterocycles. The minimum atomic E-state index is -0.168. The molecule has 0 heteroatoms. The number of hydrogen-bond acceptors (Lipinski definition) is 0. The fraction of sp³-hybridized carbons (Fsp3) is 0.353. The molecule has 0 nitrogen and oxygen atoms in total. The number of allylic oxidation sites excluding steroid dienone is 4. The molecule has 4 unspecified atom stereocenters. The summed E-state index contributed by atoms with van der Waals surface area (Å²) in [7, 11) is 0. The maximum absolute atomic E-state index is 2.56. The number of rotatable bonds is 2. The van der Waals surface area contributed by atoms with E-state index in [1.807, 2.05) is 0 Å². The van der Waals surface area contributed by atoms with Crippen LogP contribution in [0.3, 0.4) is 0 Å². The monoisotopic (exact) mass is 442 g/mol. The van der Waals surface area contributed by atoms with Crippen LogP contribution in [0.15, 0.2) is 108 Å². The second-order valence-electron chi connectivity index (χ2n) is 11.9. The predicted molar refractivity (Wildman–Crippen MR) is 141 cm³/mol. The van der Waals surface area contributed by atoms with Crippen LogP contribution in [-0.2, 0) is 10.8 Å². The van der Waals surface area contributed by atoms with Gasteiger partial charge in [0.15, 0.2) is 0 Å². The molecular formula is C34H34. The van der Waals surface area contributed by atoms with Gasteiger partial charge in [0.25, 0.3) is 0 Å². The van der Waals surface area contributed by atoms with Crippen molar-refractivity contribution in [3.05, 3.63) is 130 Å². The molecule has 3 aromatic carbocycles. The van der Waals surface area contributed by atoms with E-state index in [9.17, 15) is 0 Å². The van der Waals surface area contributed by atoms with Gasteiger partial charge in [0, 0.05) is 10.8 Å². The highest BCUT2D eigenvalue weighted by Crippen LogP contribution is 2.85. The average molecular weight is 443 g/mol. The van der Waals surface area contributed by atoms with Crippen molar-refractivity contribution in [2.45, 2.75) is 57.3 Å². The fourth-order valence-electron chi connectivity index (χ4n) is 8.93. The molecule has 0 amide bonds. The Bertz CT molecular complexity index is 1350. The van der Waals surface area contributed by atoms with Crippen LogP contribution < -0.4 is 0 Å². The van der Waals surface area contributed by atoms with Crippen LogP contribution in [0, 0.1) is 16.7 Å². The van der Waals surface area contributed by atoms with Crippen molar-refractivity contribution in [1.29, 1.82) is 0 Å². The second kappa shape index (κ2) is 6.42. The predicted octanol–water partition coefficient (Wildman–Crippen LogP) is 8.35. The van der Waals surface area contributed by atoms with Crippen LogP contribution in [0.5, 0.6) is 0 Å². The highest BCUT2D eigenvalue weighted by molar-refractivity contribution is 5.76. The zero-order chi connectivity index (χ0) is 23.3. The maximum atomic E-state index is 2.56. The molecule has 4 aliphatic carbocycles. The first-order chi connectivity index (χ1) is 16.4. The Hall–Kier alpha value is -2.86. The van der Waals surface area contributed by atoms with Gasteiger partial charge in [-0.2, -0.15) is 0 Å². The summed E-state index contributed by atoms with van der Waals surface area (Å²) in [5, 5.41) is 0. The molecule has 4 atom stereocenters. The quantitative estimate of drug-likeness (QED) is 0.374. The Morgan fingerprint density at radius 2 is 1.26 bits per heavy atom. The molecule has 7 rings (SSSR count). The molecule has 4 aliphatic rings. The summed E-state index contributed by atoms with van der Waals surface area (Å²) in [5.41, 5.74) is 9.61. The molecule has 1 saturated carbocycles. The van der Waals surface area contributed by atoms with E-state index in [-0.39, 0.29) is 21.7 Å². The van der Waals surface area contributed by atoms with Crippen molar-refractivity contribution in [2.75, 3.05) is 0 Å². The van der Waals surface area contributed by atoms with Crippen molar-refractivity contribution >= 4 is 0 Å². The van der Waals surface area contributed by atoms with Crippen molar-refractivity contribution < 1.29 is 0 Å². The molecule has 0 bridgehead atoms. The lowest BCUT2D eigenvalue weighted by Gasteiger charge is -2.50. The van der Waals surface area contributed by atoms with Crippen LogP contribution in [-0.4, -0.2) is 0 Å². The molecule has 0 N–H and O–H groups in total. The smallest absolute Gasteiger partial charge is 0.0564 e. The standard InChI is InChI=1S/C34H34/c1-23-27-17-11-12-18-28(27)33(25-13-7-5-8-14-25)29-19-20-31(3,4)24(2)30(29)32(21-22-32)34(23,33)26-15-9-6-10-16-26/h5-20,23-24H,21-22H2,1-4H3. The van der Waals surface area contributed by atoms with E-state index in [4.69, 9.17) is 0 Å². The van der Waals surface area contributed by atoms with E-state index in [0.717, 1.165) is 0 Å². The molecule has 1 fully saturated rings. The number of benzene rings is 3. The molecular weight excluding hydrogens is 408 g/mol. The maximum Gasteiger partial charge on any atom is 0.0564 e. The van der Waals surface area contributed by atoms with Gasteiger partial charge in [0.1, 0.15) is 0 Å². The Morgan fingerprint density at radius 3 is 1.91 bits per heavy atom. The third-order valence-electron chi connectivity index (χ3n) is 10.5. The molecule has 0 saturated heterocycles. The lowest BCUT2D eigenvalue weighted by Crippen LogP contribution is -2.51. The SMILES string of the molecule is CC1C2=C(C=CC1(C)C)C1(c3ccccc3)c3ccccc3C(C)C1(c1ccccc1)C21CC1. The van der Waals surface area contributed by atoms with Crippen LogP contribution in [0.25, 0.3) is 0 Å². The van der Waals surface area contributed by atoms with Crippen molar-refractivity contribution in [3.8, 4) is 0 Å². The summed E-state index contributed by atoms with van der Waals surface area (Å²) in [6.45, 7) is 9.91. The Labute approximate surface area is 204 Å². The first-order valence-electron chi connectivity index (χ1n) is 13.1. The Morgan fingerprint density at radius 1 is 0.676 bits per heavy atom. The van der Waals surface area contributed by atoms with Crippen molar-refractivity contribution in [3.63, 3.8) is 0 Å². The summed E-state index contributed by atoms with van der Waals surface area (Å²) in [6.07, 6.45) is 7.66. The van der Waals surface area contributed by atoms with Gasteiger partial charge in [-0.3, -0.25) is 0 Å². The summed E-state index contributed by atoms with van der Waals surface area (Å²) < 4.78 is 0. The van der Waals surface area contributed by atoms with Crippen molar-refractivity contribution in [2.24, 2.45) is 16.7 Å². The van der Waals surface area contributed by atoms with Crippen molar-refractivity contribution in [1.82, 2.24) is 0 Å². The minimum absolute atomic E-state index is 0.0179. The first-order valence-corrected chi connectivity index (χ1v) is 13.1. The van der Waals surface area contributed by atoms with E-state index in [1.54, 1.807) is 16.7 Å². The molecule has 3 aromatic rings. The minimum Gasteiger partial charge on any atom is -0.0780 e. The summed E-state index contributed by atoms with van der Waals surface area (Å²) in [6, 6.07) is 32.5. The highest BCUT2D eigenvalue weighted by Gasteiger charge is 2.81. The summed E-state index contributed by atoms with van der Waals surface area (Å²) in [4.78, 5) is 0. The molecule has 1 spiro atoms. The van der Waals surface area contributed by atoms with Gasteiger partial charge < -0.3 is 0 Å². The number of hydrogen-bond donors (Lipinski definition) is 0. The first kappa shape index (κ1) is 20.5. The van der Waals surface area contributed by atoms with E-state index in [0.29, 0.717) is 11.8 Å². The van der Waals surface area contributed by atoms with E-state index < -0.39 is 0 Å². The zero-order valence-electron chi connectivity index (χ0n) is 20.8. The topological polar surface area (TPSA) is 0 Å². The summed E-state index contributed by atoms with van der Waals surface area (Å²) >= 11 is 0. The normalized spacial score (nSPS) is 33.5. The lowest BCUT2D eigenvalue weighted by atomic mass is 9.50. The summed E-state index contributed by atoms with van der Waals surface area (Å²) in [5.74, 6) is 0.962. The second-order valence-corrected chi connectivity index (χ2v) is 11.9. The van der Waals surface area contributed by atoms with Crippen LogP contribution in [0.2, 0.25) is 0 Å². The van der Waals surface area contributed by atoms with E-state index in [2.05, 4.69) is 125 Å². The van der Waals surface area contributed by atoms with Crippen LogP contribution in [0.4, 0.5) is 0 Å². The molecule has 0 aromatic heterocycles. The van der Waals surface area contributed by atoms with E-state index in [1.165, 1.54) is 29.5 Å². The van der Waals surface area contributed by atoms with Gasteiger partial charge >= 0.3 is 0 Å². The zero-order valence-corrected chi connectivity index (χ0v) is 20.8. The number of fused-ring (bicyclic) bond motifs is 6. The van der Waals surface area contributed by atoms with Gasteiger partial charge in [0.05, 0.1) is 5.41 Å². The fourth-order valence-corrected chi connectivity index (χ4v) is 8.93. The highest BCUT2D eigenvalue weighted by atomic mass is 14.8. The molecule has 34 heavy (non-hydrogen) atoms. The third kappa shape index (κ3) is 2.01.